The smallest absolute Gasteiger partial charge is 0.257 e. The molecule has 0 heterocycles. The molecule has 0 aromatic heterocycles. The van der Waals surface area contributed by atoms with Crippen LogP contribution in [0.3, 0.4) is 0 Å². The van der Waals surface area contributed by atoms with Crippen molar-refractivity contribution < 1.29 is 9.53 Å². The van der Waals surface area contributed by atoms with Crippen molar-refractivity contribution >= 4 is 44.9 Å². The zero-order valence-corrected chi connectivity index (χ0v) is 18.0. The summed E-state index contributed by atoms with van der Waals surface area (Å²) in [6.45, 7) is 2.83. The standard InChI is InChI=1S/C21H22BrN3O2S/c1-2-3-4-5-12-27-19-11-8-16(13-18(19)22)20(26)25-21(28)24-17-9-6-15(14-23)7-10-17/h6-11,13H,2-5,12H2,1H3,(H2,24,25,26,28). The molecule has 0 bridgehead atoms. The molecule has 146 valence electrons. The van der Waals surface area contributed by atoms with E-state index >= 15 is 0 Å². The summed E-state index contributed by atoms with van der Waals surface area (Å²) >= 11 is 8.63. The van der Waals surface area contributed by atoms with Crippen LogP contribution in [0.2, 0.25) is 0 Å². The summed E-state index contributed by atoms with van der Waals surface area (Å²) in [6.07, 6.45) is 4.56. The number of nitrogens with one attached hydrogen (secondary N) is 2. The highest BCUT2D eigenvalue weighted by atomic mass is 79.9. The number of carbonyl (C=O) groups is 1. The maximum absolute atomic E-state index is 12.4. The fourth-order valence-corrected chi connectivity index (χ4v) is 3.14. The number of unbranched alkanes of at least 4 members (excludes halogenated alkanes) is 3. The second-order valence-electron chi connectivity index (χ2n) is 6.15. The van der Waals surface area contributed by atoms with Crippen LogP contribution >= 0.6 is 28.1 Å². The number of nitriles is 1. The average Bonchev–Trinajstić information content (AvgIpc) is 2.69. The van der Waals surface area contributed by atoms with E-state index in [2.05, 4.69) is 33.5 Å². The van der Waals surface area contributed by atoms with Gasteiger partial charge in [-0.15, -0.1) is 0 Å². The van der Waals surface area contributed by atoms with Gasteiger partial charge in [0, 0.05) is 11.3 Å². The number of benzene rings is 2. The van der Waals surface area contributed by atoms with Gasteiger partial charge in [0.2, 0.25) is 0 Å². The highest BCUT2D eigenvalue weighted by molar-refractivity contribution is 9.10. The van der Waals surface area contributed by atoms with Crippen LogP contribution in [0.1, 0.15) is 48.5 Å². The van der Waals surface area contributed by atoms with E-state index in [9.17, 15) is 4.79 Å². The molecule has 7 heteroatoms. The van der Waals surface area contributed by atoms with Crippen LogP contribution in [0, 0.1) is 11.3 Å². The second-order valence-corrected chi connectivity index (χ2v) is 7.41. The summed E-state index contributed by atoms with van der Waals surface area (Å²) in [4.78, 5) is 12.4. The molecular weight excluding hydrogens is 438 g/mol. The third kappa shape index (κ3) is 6.95. The lowest BCUT2D eigenvalue weighted by molar-refractivity contribution is 0.0977. The number of rotatable bonds is 8. The Labute approximate surface area is 179 Å². The quantitative estimate of drug-likeness (QED) is 0.407. The Bertz CT molecular complexity index is 863. The topological polar surface area (TPSA) is 74.2 Å². The van der Waals surface area contributed by atoms with E-state index in [1.54, 1.807) is 42.5 Å². The third-order valence-electron chi connectivity index (χ3n) is 3.95. The Kier molecular flexibility index (Phi) is 8.92. The summed E-state index contributed by atoms with van der Waals surface area (Å²) in [7, 11) is 0. The summed E-state index contributed by atoms with van der Waals surface area (Å²) in [5.41, 5.74) is 1.71. The zero-order chi connectivity index (χ0) is 20.4. The van der Waals surface area contributed by atoms with E-state index in [0.29, 0.717) is 29.2 Å². The van der Waals surface area contributed by atoms with Gasteiger partial charge in [0.15, 0.2) is 5.11 Å². The van der Waals surface area contributed by atoms with E-state index < -0.39 is 0 Å². The monoisotopic (exact) mass is 459 g/mol. The first-order valence-corrected chi connectivity index (χ1v) is 10.3. The number of amides is 1. The van der Waals surface area contributed by atoms with Crippen molar-refractivity contribution in [3.63, 3.8) is 0 Å². The molecule has 0 unspecified atom stereocenters. The van der Waals surface area contributed by atoms with Gasteiger partial charge in [0.05, 0.1) is 22.7 Å². The molecule has 0 spiro atoms. The molecule has 2 N–H and O–H groups in total. The molecule has 0 aliphatic rings. The van der Waals surface area contributed by atoms with Crippen molar-refractivity contribution in [1.29, 1.82) is 5.26 Å². The fraction of sp³-hybridized carbons (Fsp3) is 0.286. The van der Waals surface area contributed by atoms with Crippen molar-refractivity contribution in [3.8, 4) is 11.8 Å². The van der Waals surface area contributed by atoms with Crippen molar-refractivity contribution in [2.24, 2.45) is 0 Å². The van der Waals surface area contributed by atoms with Crippen molar-refractivity contribution in [1.82, 2.24) is 5.32 Å². The number of thiocarbonyl (C=S) groups is 1. The Hall–Kier alpha value is -2.43. The van der Waals surface area contributed by atoms with Gasteiger partial charge in [-0.3, -0.25) is 10.1 Å². The molecule has 0 saturated carbocycles. The molecule has 5 nitrogen and oxygen atoms in total. The first-order valence-electron chi connectivity index (χ1n) is 9.08. The molecule has 0 aliphatic heterocycles. The van der Waals surface area contributed by atoms with E-state index in [-0.39, 0.29) is 11.0 Å². The second kappa shape index (κ2) is 11.4. The lowest BCUT2D eigenvalue weighted by Crippen LogP contribution is -2.34. The summed E-state index contributed by atoms with van der Waals surface area (Å²) in [6, 6.07) is 14.0. The first-order chi connectivity index (χ1) is 13.5. The maximum atomic E-state index is 12.4. The molecule has 2 aromatic carbocycles. The first kappa shape index (κ1) is 21.9. The third-order valence-corrected chi connectivity index (χ3v) is 4.77. The molecule has 0 fully saturated rings. The molecule has 0 saturated heterocycles. The van der Waals surface area contributed by atoms with Gasteiger partial charge in [0.1, 0.15) is 5.75 Å². The number of nitrogens with zero attached hydrogens (tertiary/aromatic N) is 1. The van der Waals surface area contributed by atoms with Crippen LogP contribution in [0.4, 0.5) is 5.69 Å². The molecular formula is C21H22BrN3O2S. The van der Waals surface area contributed by atoms with Crippen LogP contribution in [-0.2, 0) is 0 Å². The molecule has 2 aromatic rings. The van der Waals surface area contributed by atoms with Gasteiger partial charge in [0.25, 0.3) is 5.91 Å². The number of hydrogen-bond donors (Lipinski definition) is 2. The zero-order valence-electron chi connectivity index (χ0n) is 15.6. The van der Waals surface area contributed by atoms with Crippen LogP contribution < -0.4 is 15.4 Å². The van der Waals surface area contributed by atoms with Crippen LogP contribution in [-0.4, -0.2) is 17.6 Å². The predicted molar refractivity (Wildman–Crippen MR) is 119 cm³/mol. The van der Waals surface area contributed by atoms with E-state index in [4.69, 9.17) is 22.2 Å². The fourth-order valence-electron chi connectivity index (χ4n) is 2.44. The minimum absolute atomic E-state index is 0.182. The molecule has 28 heavy (non-hydrogen) atoms. The van der Waals surface area contributed by atoms with Crippen molar-refractivity contribution in [3.05, 3.63) is 58.1 Å². The predicted octanol–water partition coefficient (Wildman–Crippen LogP) is 5.41. The highest BCUT2D eigenvalue weighted by Gasteiger charge is 2.11. The van der Waals surface area contributed by atoms with Gasteiger partial charge in [-0.1, -0.05) is 26.2 Å². The number of hydrogen-bond acceptors (Lipinski definition) is 4. The lowest BCUT2D eigenvalue weighted by atomic mass is 10.2. The minimum atomic E-state index is -0.318. The Morgan fingerprint density at radius 3 is 2.57 bits per heavy atom. The van der Waals surface area contributed by atoms with Crippen LogP contribution in [0.15, 0.2) is 46.9 Å². The number of carbonyl (C=O) groups excluding carboxylic acids is 1. The maximum Gasteiger partial charge on any atom is 0.257 e. The van der Waals surface area contributed by atoms with Crippen LogP contribution in [0.25, 0.3) is 0 Å². The van der Waals surface area contributed by atoms with E-state index in [0.717, 1.165) is 17.3 Å². The van der Waals surface area contributed by atoms with Crippen molar-refractivity contribution in [2.45, 2.75) is 32.6 Å². The van der Waals surface area contributed by atoms with E-state index in [1.165, 1.54) is 12.8 Å². The van der Waals surface area contributed by atoms with E-state index in [1.807, 2.05) is 6.07 Å². The van der Waals surface area contributed by atoms with Gasteiger partial charge in [-0.05, 0) is 77.0 Å². The summed E-state index contributed by atoms with van der Waals surface area (Å²) in [5, 5.41) is 14.6. The molecule has 0 atom stereocenters. The van der Waals surface area contributed by atoms with Gasteiger partial charge in [-0.25, -0.2) is 0 Å². The molecule has 0 radical (unpaired) electrons. The largest absolute Gasteiger partial charge is 0.492 e. The van der Waals surface area contributed by atoms with Gasteiger partial charge < -0.3 is 10.1 Å². The lowest BCUT2D eigenvalue weighted by Gasteiger charge is -2.11. The number of ether oxygens (including phenoxy) is 1. The Balaban J connectivity index is 1.88. The molecule has 0 aliphatic carbocycles. The Morgan fingerprint density at radius 2 is 1.93 bits per heavy atom. The number of anilines is 1. The van der Waals surface area contributed by atoms with Gasteiger partial charge in [-0.2, -0.15) is 5.26 Å². The van der Waals surface area contributed by atoms with Crippen molar-refractivity contribution in [2.75, 3.05) is 11.9 Å². The Morgan fingerprint density at radius 1 is 1.18 bits per heavy atom. The minimum Gasteiger partial charge on any atom is -0.492 e. The molecule has 2 rings (SSSR count). The number of halogens is 1. The van der Waals surface area contributed by atoms with Crippen LogP contribution in [0.5, 0.6) is 5.75 Å². The SMILES string of the molecule is CCCCCCOc1ccc(C(=O)NC(=S)Nc2ccc(C#N)cc2)cc1Br. The average molecular weight is 460 g/mol. The summed E-state index contributed by atoms with van der Waals surface area (Å²) < 4.78 is 6.48. The molecule has 1 amide bonds. The summed E-state index contributed by atoms with van der Waals surface area (Å²) in [5.74, 6) is 0.396. The highest BCUT2D eigenvalue weighted by Crippen LogP contribution is 2.26. The van der Waals surface area contributed by atoms with Gasteiger partial charge >= 0.3 is 0 Å². The normalized spacial score (nSPS) is 10.0.